The number of nitriles is 2. The van der Waals surface area contributed by atoms with Crippen LogP contribution in [0.25, 0.3) is 0 Å². The number of allylic oxidation sites excluding steroid dienone is 3. The molecule has 66 valence electrons. The van der Waals surface area contributed by atoms with E-state index in [9.17, 15) is 0 Å². The van der Waals surface area contributed by atoms with Gasteiger partial charge in [0.05, 0.1) is 0 Å². The van der Waals surface area contributed by atoms with Crippen molar-refractivity contribution in [2.24, 2.45) is 5.92 Å². The van der Waals surface area contributed by atoms with E-state index in [4.69, 9.17) is 10.5 Å². The first-order chi connectivity index (χ1) is 6.31. The van der Waals surface area contributed by atoms with Crippen LogP contribution in [0.1, 0.15) is 25.7 Å². The van der Waals surface area contributed by atoms with Crippen LogP contribution in [-0.4, -0.2) is 0 Å². The SMILES string of the molecule is C=CC1CCCC(=C(C#N)C#N)C1. The molecule has 1 aliphatic carbocycles. The third kappa shape index (κ3) is 2.20. The number of hydrogen-bond acceptors (Lipinski definition) is 2. The van der Waals surface area contributed by atoms with Gasteiger partial charge in [-0.3, -0.25) is 0 Å². The molecule has 0 radical (unpaired) electrons. The Hall–Kier alpha value is -1.54. The highest BCUT2D eigenvalue weighted by atomic mass is 14.3. The van der Waals surface area contributed by atoms with Crippen molar-refractivity contribution in [1.29, 1.82) is 10.5 Å². The molecule has 2 heteroatoms. The Kier molecular flexibility index (Phi) is 3.29. The lowest BCUT2D eigenvalue weighted by Crippen LogP contribution is -2.07. The Balaban J connectivity index is 2.83. The summed E-state index contributed by atoms with van der Waals surface area (Å²) in [6.45, 7) is 3.74. The quantitative estimate of drug-likeness (QED) is 0.451. The molecule has 0 spiro atoms. The van der Waals surface area contributed by atoms with Gasteiger partial charge in [0, 0.05) is 0 Å². The van der Waals surface area contributed by atoms with Crippen molar-refractivity contribution < 1.29 is 0 Å². The normalized spacial score (nSPS) is 21.4. The predicted octanol–water partition coefficient (Wildman–Crippen LogP) is 2.71. The molecular formula is C11H12N2. The maximum absolute atomic E-state index is 8.68. The van der Waals surface area contributed by atoms with E-state index >= 15 is 0 Å². The number of rotatable bonds is 1. The fourth-order valence-corrected chi connectivity index (χ4v) is 1.71. The van der Waals surface area contributed by atoms with Gasteiger partial charge in [-0.2, -0.15) is 10.5 Å². The van der Waals surface area contributed by atoms with E-state index in [0.29, 0.717) is 11.5 Å². The summed E-state index contributed by atoms with van der Waals surface area (Å²) in [5, 5.41) is 17.4. The first kappa shape index (κ1) is 9.55. The van der Waals surface area contributed by atoms with E-state index in [2.05, 4.69) is 6.58 Å². The second-order valence-electron chi connectivity index (χ2n) is 3.29. The Morgan fingerprint density at radius 2 is 2.15 bits per heavy atom. The maximum Gasteiger partial charge on any atom is 0.128 e. The van der Waals surface area contributed by atoms with E-state index in [1.54, 1.807) is 0 Å². The summed E-state index contributed by atoms with van der Waals surface area (Å²) in [6, 6.07) is 3.90. The lowest BCUT2D eigenvalue weighted by Gasteiger charge is -2.20. The fraction of sp³-hybridized carbons (Fsp3) is 0.455. The van der Waals surface area contributed by atoms with Crippen LogP contribution in [0.4, 0.5) is 0 Å². The molecular weight excluding hydrogens is 160 g/mol. The topological polar surface area (TPSA) is 47.6 Å². The van der Waals surface area contributed by atoms with Crippen molar-refractivity contribution >= 4 is 0 Å². The molecule has 1 unspecified atom stereocenters. The minimum absolute atomic E-state index is 0.312. The maximum atomic E-state index is 8.68. The summed E-state index contributed by atoms with van der Waals surface area (Å²) in [4.78, 5) is 0. The monoisotopic (exact) mass is 172 g/mol. The summed E-state index contributed by atoms with van der Waals surface area (Å²) in [5.74, 6) is 0.459. The minimum Gasteiger partial charge on any atom is -0.192 e. The molecule has 0 aliphatic heterocycles. The first-order valence-corrected chi connectivity index (χ1v) is 4.46. The van der Waals surface area contributed by atoms with E-state index in [1.807, 2.05) is 18.2 Å². The highest BCUT2D eigenvalue weighted by molar-refractivity contribution is 5.40. The molecule has 1 atom stereocenters. The number of hydrogen-bond donors (Lipinski definition) is 0. The van der Waals surface area contributed by atoms with Crippen LogP contribution >= 0.6 is 0 Å². The molecule has 1 saturated carbocycles. The molecule has 0 aromatic heterocycles. The van der Waals surface area contributed by atoms with Crippen LogP contribution in [-0.2, 0) is 0 Å². The second kappa shape index (κ2) is 4.48. The molecule has 0 saturated heterocycles. The summed E-state index contributed by atoms with van der Waals surface area (Å²) >= 11 is 0. The molecule has 2 nitrogen and oxygen atoms in total. The Morgan fingerprint density at radius 1 is 1.46 bits per heavy atom. The molecule has 0 amide bonds. The zero-order valence-electron chi connectivity index (χ0n) is 7.58. The van der Waals surface area contributed by atoms with E-state index in [0.717, 1.165) is 31.3 Å². The van der Waals surface area contributed by atoms with Gasteiger partial charge in [0.2, 0.25) is 0 Å². The van der Waals surface area contributed by atoms with Gasteiger partial charge < -0.3 is 0 Å². The molecule has 0 heterocycles. The van der Waals surface area contributed by atoms with Gasteiger partial charge >= 0.3 is 0 Å². The van der Waals surface area contributed by atoms with Crippen LogP contribution in [0.15, 0.2) is 23.8 Å². The van der Waals surface area contributed by atoms with Crippen molar-refractivity contribution in [2.45, 2.75) is 25.7 Å². The van der Waals surface area contributed by atoms with Gasteiger partial charge in [-0.1, -0.05) is 6.08 Å². The summed E-state index contributed by atoms with van der Waals surface area (Å²) in [7, 11) is 0. The van der Waals surface area contributed by atoms with Crippen molar-refractivity contribution in [1.82, 2.24) is 0 Å². The van der Waals surface area contributed by atoms with Crippen molar-refractivity contribution in [3.8, 4) is 12.1 Å². The van der Waals surface area contributed by atoms with Gasteiger partial charge in [0.15, 0.2) is 0 Å². The lowest BCUT2D eigenvalue weighted by molar-refractivity contribution is 0.494. The van der Waals surface area contributed by atoms with Gasteiger partial charge in [-0.15, -0.1) is 6.58 Å². The molecule has 13 heavy (non-hydrogen) atoms. The van der Waals surface area contributed by atoms with Crippen LogP contribution in [0, 0.1) is 28.6 Å². The van der Waals surface area contributed by atoms with Gasteiger partial charge in [0.1, 0.15) is 17.7 Å². The predicted molar refractivity (Wildman–Crippen MR) is 50.4 cm³/mol. The summed E-state index contributed by atoms with van der Waals surface area (Å²) < 4.78 is 0. The van der Waals surface area contributed by atoms with E-state index in [-0.39, 0.29) is 0 Å². The lowest BCUT2D eigenvalue weighted by atomic mass is 9.84. The highest BCUT2D eigenvalue weighted by Crippen LogP contribution is 2.30. The van der Waals surface area contributed by atoms with Crippen LogP contribution in [0.3, 0.4) is 0 Å². The molecule has 1 fully saturated rings. The molecule has 0 N–H and O–H groups in total. The third-order valence-corrected chi connectivity index (χ3v) is 2.47. The van der Waals surface area contributed by atoms with E-state index < -0.39 is 0 Å². The average Bonchev–Trinajstić information content (AvgIpc) is 2.20. The largest absolute Gasteiger partial charge is 0.192 e. The van der Waals surface area contributed by atoms with Gasteiger partial charge in [-0.25, -0.2) is 0 Å². The zero-order valence-corrected chi connectivity index (χ0v) is 7.58. The summed E-state index contributed by atoms with van der Waals surface area (Å²) in [5.41, 5.74) is 1.33. The molecule has 0 aromatic rings. The second-order valence-corrected chi connectivity index (χ2v) is 3.29. The first-order valence-electron chi connectivity index (χ1n) is 4.46. The van der Waals surface area contributed by atoms with Gasteiger partial charge in [0.25, 0.3) is 0 Å². The third-order valence-electron chi connectivity index (χ3n) is 2.47. The Morgan fingerprint density at radius 3 is 2.69 bits per heavy atom. The Labute approximate surface area is 78.8 Å². The van der Waals surface area contributed by atoms with Crippen LogP contribution in [0.5, 0.6) is 0 Å². The zero-order chi connectivity index (χ0) is 9.68. The molecule has 0 aromatic carbocycles. The molecule has 0 bridgehead atoms. The highest BCUT2D eigenvalue weighted by Gasteiger charge is 2.17. The summed E-state index contributed by atoms with van der Waals surface area (Å²) in [6.07, 6.45) is 5.88. The standard InChI is InChI=1S/C11H12N2/c1-2-9-4-3-5-10(6-9)11(7-12)8-13/h2,9H,1,3-6H2. The van der Waals surface area contributed by atoms with E-state index in [1.165, 1.54) is 0 Å². The van der Waals surface area contributed by atoms with Crippen molar-refractivity contribution in [3.63, 3.8) is 0 Å². The van der Waals surface area contributed by atoms with Gasteiger partial charge in [-0.05, 0) is 37.2 Å². The van der Waals surface area contributed by atoms with Crippen LogP contribution in [0.2, 0.25) is 0 Å². The fourth-order valence-electron chi connectivity index (χ4n) is 1.71. The van der Waals surface area contributed by atoms with Crippen molar-refractivity contribution in [2.75, 3.05) is 0 Å². The molecule has 1 rings (SSSR count). The van der Waals surface area contributed by atoms with Crippen molar-refractivity contribution in [3.05, 3.63) is 23.8 Å². The van der Waals surface area contributed by atoms with Crippen LogP contribution < -0.4 is 0 Å². The average molecular weight is 172 g/mol. The molecule has 1 aliphatic rings. The number of nitrogens with zero attached hydrogens (tertiary/aromatic N) is 2. The Bertz CT molecular complexity index is 296. The smallest absolute Gasteiger partial charge is 0.128 e. The minimum atomic E-state index is 0.312.